The molecule has 19 heavy (non-hydrogen) atoms. The molecule has 0 spiro atoms. The lowest BCUT2D eigenvalue weighted by Gasteiger charge is -2.63. The molecule has 1 aromatic heterocycles. The zero-order valence-electron chi connectivity index (χ0n) is 12.0. The van der Waals surface area contributed by atoms with Gasteiger partial charge in [-0.15, -0.1) is 0 Å². The van der Waals surface area contributed by atoms with E-state index in [4.69, 9.17) is 5.73 Å². The maximum Gasteiger partial charge on any atom is 0.147 e. The van der Waals surface area contributed by atoms with Gasteiger partial charge in [0.15, 0.2) is 0 Å². The second kappa shape index (κ2) is 3.60. The summed E-state index contributed by atoms with van der Waals surface area (Å²) in [4.78, 5) is 4.36. The summed E-state index contributed by atoms with van der Waals surface area (Å²) in [5, 5.41) is 4.66. The van der Waals surface area contributed by atoms with Crippen LogP contribution >= 0.6 is 0 Å². The smallest absolute Gasteiger partial charge is 0.147 e. The van der Waals surface area contributed by atoms with Crippen LogP contribution in [0.3, 0.4) is 0 Å². The van der Waals surface area contributed by atoms with Crippen LogP contribution < -0.4 is 5.73 Å². The fraction of sp³-hybridized carbons (Fsp3) is 0.867. The molecule has 104 valence electrons. The Hall–Kier alpha value is -0.900. The second-order valence-corrected chi connectivity index (χ2v) is 7.57. The summed E-state index contributed by atoms with van der Waals surface area (Å²) in [6.45, 7) is 4.20. The van der Waals surface area contributed by atoms with Crippen LogP contribution in [0.15, 0.2) is 6.33 Å². The van der Waals surface area contributed by atoms with E-state index >= 15 is 0 Å². The van der Waals surface area contributed by atoms with Crippen molar-refractivity contribution in [2.45, 2.75) is 64.0 Å². The van der Waals surface area contributed by atoms with Gasteiger partial charge in [0, 0.05) is 6.04 Å². The Morgan fingerprint density at radius 1 is 1.32 bits per heavy atom. The summed E-state index contributed by atoms with van der Waals surface area (Å²) < 4.78 is 2.19. The van der Waals surface area contributed by atoms with Crippen molar-refractivity contribution in [2.75, 3.05) is 0 Å². The van der Waals surface area contributed by atoms with Gasteiger partial charge in [0.25, 0.3) is 0 Å². The molecule has 4 saturated carbocycles. The number of aromatic nitrogens is 3. The molecule has 0 saturated heterocycles. The fourth-order valence-corrected chi connectivity index (χ4v) is 5.66. The fourth-order valence-electron chi connectivity index (χ4n) is 5.66. The van der Waals surface area contributed by atoms with E-state index in [1.165, 1.54) is 38.5 Å². The molecule has 3 atom stereocenters. The van der Waals surface area contributed by atoms with Crippen LogP contribution in [0.4, 0.5) is 0 Å². The van der Waals surface area contributed by atoms with Crippen molar-refractivity contribution in [1.82, 2.24) is 14.8 Å². The summed E-state index contributed by atoms with van der Waals surface area (Å²) >= 11 is 0. The van der Waals surface area contributed by atoms with Crippen LogP contribution in [0.5, 0.6) is 0 Å². The second-order valence-electron chi connectivity index (χ2n) is 7.57. The summed E-state index contributed by atoms with van der Waals surface area (Å²) in [5.41, 5.74) is 6.97. The monoisotopic (exact) mass is 260 g/mol. The highest BCUT2D eigenvalue weighted by atomic mass is 15.4. The van der Waals surface area contributed by atoms with Crippen molar-refractivity contribution < 1.29 is 0 Å². The number of hydrogen-bond donors (Lipinski definition) is 1. The minimum absolute atomic E-state index is 0.221. The van der Waals surface area contributed by atoms with E-state index in [0.29, 0.717) is 11.5 Å². The summed E-state index contributed by atoms with van der Waals surface area (Å²) in [7, 11) is 0. The Morgan fingerprint density at radius 3 is 2.53 bits per heavy atom. The number of hydrogen-bond acceptors (Lipinski definition) is 3. The van der Waals surface area contributed by atoms with E-state index in [1.807, 2.05) is 13.3 Å². The standard InChI is InChI=1S/C15H24N4/c1-10(16)14-4-12-3-13(5-14)7-15(6-12,8-14)19-9-17-11(2)18-19/h9-10,12-13H,3-8,16H2,1-2H3. The normalized spacial score (nSPS) is 45.6. The minimum Gasteiger partial charge on any atom is -0.327 e. The van der Waals surface area contributed by atoms with Gasteiger partial charge in [-0.05, 0) is 69.6 Å². The van der Waals surface area contributed by atoms with Crippen LogP contribution in [0, 0.1) is 24.2 Å². The third-order valence-electron chi connectivity index (χ3n) is 6.13. The van der Waals surface area contributed by atoms with Gasteiger partial charge < -0.3 is 5.73 Å². The Labute approximate surface area is 114 Å². The van der Waals surface area contributed by atoms with Gasteiger partial charge in [0.05, 0.1) is 5.54 Å². The van der Waals surface area contributed by atoms with E-state index in [9.17, 15) is 0 Å². The van der Waals surface area contributed by atoms with E-state index in [2.05, 4.69) is 21.7 Å². The quantitative estimate of drug-likeness (QED) is 0.887. The average molecular weight is 260 g/mol. The summed E-state index contributed by atoms with van der Waals surface area (Å²) in [6.07, 6.45) is 9.86. The third-order valence-corrected chi connectivity index (χ3v) is 6.13. The SMILES string of the molecule is Cc1ncn(C23CC4CC(CC(C(C)N)(C4)C2)C3)n1. The molecule has 4 aliphatic carbocycles. The Bertz CT molecular complexity index is 490. The topological polar surface area (TPSA) is 56.7 Å². The maximum absolute atomic E-state index is 6.39. The van der Waals surface area contributed by atoms with Gasteiger partial charge in [-0.1, -0.05) is 0 Å². The first-order valence-corrected chi connectivity index (χ1v) is 7.66. The lowest BCUT2D eigenvalue weighted by atomic mass is 9.45. The van der Waals surface area contributed by atoms with Crippen molar-refractivity contribution in [3.8, 4) is 0 Å². The van der Waals surface area contributed by atoms with E-state index in [1.54, 1.807) is 0 Å². The first-order valence-electron chi connectivity index (χ1n) is 7.66. The molecule has 0 aliphatic heterocycles. The largest absolute Gasteiger partial charge is 0.327 e. The first-order chi connectivity index (χ1) is 9.01. The molecular formula is C15H24N4. The molecule has 0 amide bonds. The van der Waals surface area contributed by atoms with Crippen molar-refractivity contribution >= 4 is 0 Å². The van der Waals surface area contributed by atoms with Gasteiger partial charge in [-0.3, -0.25) is 0 Å². The van der Waals surface area contributed by atoms with Gasteiger partial charge in [0.2, 0.25) is 0 Å². The van der Waals surface area contributed by atoms with Gasteiger partial charge in [-0.2, -0.15) is 5.10 Å². The van der Waals surface area contributed by atoms with Crippen molar-refractivity contribution in [2.24, 2.45) is 23.0 Å². The van der Waals surface area contributed by atoms with Crippen LogP contribution in [0.1, 0.15) is 51.3 Å². The van der Waals surface area contributed by atoms with Crippen molar-refractivity contribution in [1.29, 1.82) is 0 Å². The molecule has 5 rings (SSSR count). The molecule has 3 unspecified atom stereocenters. The highest BCUT2D eigenvalue weighted by molar-refractivity contribution is 5.12. The molecule has 1 aromatic rings. The average Bonchev–Trinajstić information content (AvgIpc) is 2.74. The zero-order chi connectivity index (χ0) is 13.3. The van der Waals surface area contributed by atoms with Crippen LogP contribution in [-0.4, -0.2) is 20.8 Å². The first kappa shape index (κ1) is 11.9. The van der Waals surface area contributed by atoms with Gasteiger partial charge in [0.1, 0.15) is 12.2 Å². The van der Waals surface area contributed by atoms with Crippen LogP contribution in [0.2, 0.25) is 0 Å². The van der Waals surface area contributed by atoms with Crippen LogP contribution in [-0.2, 0) is 5.54 Å². The summed E-state index contributed by atoms with van der Waals surface area (Å²) in [5.74, 6) is 2.61. The van der Waals surface area contributed by atoms with Gasteiger partial charge >= 0.3 is 0 Å². The highest BCUT2D eigenvalue weighted by Crippen LogP contribution is 2.64. The molecule has 4 fully saturated rings. The lowest BCUT2D eigenvalue weighted by molar-refractivity contribution is -0.114. The third kappa shape index (κ3) is 1.55. The number of aryl methyl sites for hydroxylation is 1. The predicted octanol–water partition coefficient (Wildman–Crippen LogP) is 2.23. The lowest BCUT2D eigenvalue weighted by Crippen LogP contribution is -2.61. The van der Waals surface area contributed by atoms with E-state index in [-0.39, 0.29) is 5.54 Å². The van der Waals surface area contributed by atoms with Gasteiger partial charge in [-0.25, -0.2) is 9.67 Å². The zero-order valence-corrected chi connectivity index (χ0v) is 12.0. The molecule has 4 heteroatoms. The Kier molecular flexibility index (Phi) is 2.25. The number of nitrogens with two attached hydrogens (primary N) is 1. The Morgan fingerprint density at radius 2 is 2.00 bits per heavy atom. The molecule has 1 heterocycles. The number of rotatable bonds is 2. The molecule has 0 radical (unpaired) electrons. The van der Waals surface area contributed by atoms with E-state index in [0.717, 1.165) is 17.7 Å². The van der Waals surface area contributed by atoms with E-state index < -0.39 is 0 Å². The molecule has 4 bridgehead atoms. The molecular weight excluding hydrogens is 236 g/mol. The molecule has 0 aromatic carbocycles. The Balaban J connectivity index is 1.78. The molecule has 2 N–H and O–H groups in total. The molecule has 4 aliphatic rings. The maximum atomic E-state index is 6.39. The molecule has 4 nitrogen and oxygen atoms in total. The predicted molar refractivity (Wildman–Crippen MR) is 73.5 cm³/mol. The van der Waals surface area contributed by atoms with Crippen molar-refractivity contribution in [3.05, 3.63) is 12.2 Å². The number of nitrogens with zero attached hydrogens (tertiary/aromatic N) is 3. The van der Waals surface area contributed by atoms with Crippen LogP contribution in [0.25, 0.3) is 0 Å². The van der Waals surface area contributed by atoms with Crippen molar-refractivity contribution in [3.63, 3.8) is 0 Å². The minimum atomic E-state index is 0.221. The summed E-state index contributed by atoms with van der Waals surface area (Å²) in [6, 6.07) is 0.308. The highest BCUT2D eigenvalue weighted by Gasteiger charge is 2.59.